The summed E-state index contributed by atoms with van der Waals surface area (Å²) in [5.74, 6) is -0.752. The standard InChI is InChI=1S/C27H27N5O2/c1-17-6-5-9-20(14-17)22-21(16-28)25(33)29-24-23(22)26(34)31-27(30-24)32-12-10-19(11-13-32)15-18-7-3-2-4-8-18/h2-9,14,19,21-22H,10-13,15H2,1H3,(H2,29,30,31,33,34). The summed E-state index contributed by atoms with van der Waals surface area (Å²) in [4.78, 5) is 35.7. The molecule has 0 radical (unpaired) electrons. The second-order valence-electron chi connectivity index (χ2n) is 9.26. The molecule has 1 saturated heterocycles. The molecule has 2 unspecified atom stereocenters. The molecule has 3 aromatic rings. The molecule has 2 aliphatic heterocycles. The van der Waals surface area contributed by atoms with Gasteiger partial charge in [0, 0.05) is 19.0 Å². The maximum atomic E-state index is 13.3. The Labute approximate surface area is 198 Å². The van der Waals surface area contributed by atoms with Crippen molar-refractivity contribution in [2.75, 3.05) is 23.3 Å². The maximum absolute atomic E-state index is 13.3. The van der Waals surface area contributed by atoms with E-state index in [9.17, 15) is 14.9 Å². The van der Waals surface area contributed by atoms with E-state index in [4.69, 9.17) is 0 Å². The Bertz CT molecular complexity index is 1300. The summed E-state index contributed by atoms with van der Waals surface area (Å²) in [6.07, 6.45) is 3.06. The minimum absolute atomic E-state index is 0.258. The Kier molecular flexibility index (Phi) is 5.89. The van der Waals surface area contributed by atoms with Crippen LogP contribution in [-0.4, -0.2) is 29.0 Å². The first-order chi connectivity index (χ1) is 16.5. The van der Waals surface area contributed by atoms with Crippen molar-refractivity contribution in [3.63, 3.8) is 0 Å². The van der Waals surface area contributed by atoms with Crippen molar-refractivity contribution in [1.82, 2.24) is 9.97 Å². The van der Waals surface area contributed by atoms with Gasteiger partial charge in [0.25, 0.3) is 5.56 Å². The third-order valence-electron chi connectivity index (χ3n) is 6.93. The molecule has 0 saturated carbocycles. The highest BCUT2D eigenvalue weighted by Crippen LogP contribution is 2.38. The highest BCUT2D eigenvalue weighted by Gasteiger charge is 2.40. The van der Waals surface area contributed by atoms with Crippen LogP contribution < -0.4 is 15.8 Å². The zero-order valence-electron chi connectivity index (χ0n) is 19.1. The van der Waals surface area contributed by atoms with E-state index in [0.29, 0.717) is 17.4 Å². The molecule has 2 aromatic carbocycles. The number of hydrogen-bond donors (Lipinski definition) is 2. The van der Waals surface area contributed by atoms with E-state index in [0.717, 1.165) is 43.5 Å². The van der Waals surface area contributed by atoms with Gasteiger partial charge in [0.15, 0.2) is 0 Å². The van der Waals surface area contributed by atoms with E-state index in [2.05, 4.69) is 50.5 Å². The zero-order valence-corrected chi connectivity index (χ0v) is 19.1. The SMILES string of the molecule is Cc1cccc(C2c3c(nc(N4CCC(Cc5ccccc5)CC4)[nH]c3=O)NC(=O)C2C#N)c1. The van der Waals surface area contributed by atoms with Crippen molar-refractivity contribution in [3.8, 4) is 6.07 Å². The largest absolute Gasteiger partial charge is 0.342 e. The van der Waals surface area contributed by atoms with E-state index >= 15 is 0 Å². The molecule has 1 amide bonds. The summed E-state index contributed by atoms with van der Waals surface area (Å²) in [6, 6.07) is 20.2. The van der Waals surface area contributed by atoms with Crippen LogP contribution in [0, 0.1) is 30.1 Å². The molecule has 172 valence electrons. The smallest absolute Gasteiger partial charge is 0.258 e. The van der Waals surface area contributed by atoms with Crippen molar-refractivity contribution < 1.29 is 4.79 Å². The lowest BCUT2D eigenvalue weighted by Gasteiger charge is -2.34. The van der Waals surface area contributed by atoms with E-state index in [1.165, 1.54) is 5.56 Å². The van der Waals surface area contributed by atoms with Crippen molar-refractivity contribution in [3.05, 3.63) is 87.2 Å². The molecule has 5 rings (SSSR count). The first-order valence-electron chi connectivity index (χ1n) is 11.7. The number of rotatable bonds is 4. The van der Waals surface area contributed by atoms with Crippen LogP contribution in [0.25, 0.3) is 0 Å². The molecule has 7 heteroatoms. The van der Waals surface area contributed by atoms with Crippen molar-refractivity contribution >= 4 is 17.7 Å². The summed E-state index contributed by atoms with van der Waals surface area (Å²) in [7, 11) is 0. The van der Waals surface area contributed by atoms with Gasteiger partial charge >= 0.3 is 0 Å². The monoisotopic (exact) mass is 453 g/mol. The molecule has 7 nitrogen and oxygen atoms in total. The van der Waals surface area contributed by atoms with Crippen LogP contribution in [-0.2, 0) is 11.2 Å². The van der Waals surface area contributed by atoms with E-state index in [1.807, 2.05) is 37.3 Å². The molecular weight excluding hydrogens is 426 g/mol. The Morgan fingerprint density at radius 1 is 1.09 bits per heavy atom. The number of aryl methyl sites for hydroxylation is 1. The molecule has 1 fully saturated rings. The van der Waals surface area contributed by atoms with Crippen LogP contribution in [0.5, 0.6) is 0 Å². The number of hydrogen-bond acceptors (Lipinski definition) is 5. The molecule has 0 aliphatic carbocycles. The summed E-state index contributed by atoms with van der Waals surface area (Å²) >= 11 is 0. The number of fused-ring (bicyclic) bond motifs is 1. The lowest BCUT2D eigenvalue weighted by Crippen LogP contribution is -2.41. The second-order valence-corrected chi connectivity index (χ2v) is 9.26. The number of H-pyrrole nitrogens is 1. The second kappa shape index (κ2) is 9.14. The number of anilines is 2. The molecule has 0 spiro atoms. The van der Waals surface area contributed by atoms with Gasteiger partial charge in [0.2, 0.25) is 11.9 Å². The van der Waals surface area contributed by atoms with Crippen LogP contribution >= 0.6 is 0 Å². The van der Waals surface area contributed by atoms with Crippen LogP contribution in [0.2, 0.25) is 0 Å². The van der Waals surface area contributed by atoms with Gasteiger partial charge in [-0.15, -0.1) is 0 Å². The van der Waals surface area contributed by atoms with E-state index in [1.54, 1.807) is 0 Å². The van der Waals surface area contributed by atoms with Crippen molar-refractivity contribution in [2.45, 2.75) is 32.1 Å². The normalized spacial score (nSPS) is 20.4. The Morgan fingerprint density at radius 2 is 1.85 bits per heavy atom. The molecule has 2 N–H and O–H groups in total. The fraction of sp³-hybridized carbons (Fsp3) is 0.333. The zero-order chi connectivity index (χ0) is 23.7. The van der Waals surface area contributed by atoms with Gasteiger partial charge in [-0.1, -0.05) is 60.2 Å². The number of aromatic amines is 1. The van der Waals surface area contributed by atoms with Gasteiger partial charge in [0.05, 0.1) is 11.6 Å². The Balaban J connectivity index is 1.41. The van der Waals surface area contributed by atoms with Crippen LogP contribution in [0.4, 0.5) is 11.8 Å². The minimum atomic E-state index is -0.989. The quantitative estimate of drug-likeness (QED) is 0.626. The fourth-order valence-corrected chi connectivity index (χ4v) is 5.17. The number of nitriles is 1. The van der Waals surface area contributed by atoms with Crippen LogP contribution in [0.1, 0.15) is 41.0 Å². The van der Waals surface area contributed by atoms with Crippen LogP contribution in [0.3, 0.4) is 0 Å². The molecular formula is C27H27N5O2. The number of aromatic nitrogens is 2. The third kappa shape index (κ3) is 4.19. The number of amides is 1. The third-order valence-corrected chi connectivity index (χ3v) is 6.93. The predicted octanol–water partition coefficient (Wildman–Crippen LogP) is 3.76. The van der Waals surface area contributed by atoms with Crippen LogP contribution in [0.15, 0.2) is 59.4 Å². The van der Waals surface area contributed by atoms with Gasteiger partial charge in [-0.05, 0) is 43.2 Å². The van der Waals surface area contributed by atoms with Gasteiger partial charge in [-0.25, -0.2) is 0 Å². The number of nitrogens with one attached hydrogen (secondary N) is 2. The lowest BCUT2D eigenvalue weighted by molar-refractivity contribution is -0.119. The highest BCUT2D eigenvalue weighted by atomic mass is 16.2. The number of carbonyl (C=O) groups excluding carboxylic acids is 1. The Hall–Kier alpha value is -3.92. The average Bonchev–Trinajstić information content (AvgIpc) is 2.84. The molecule has 2 atom stereocenters. The minimum Gasteiger partial charge on any atom is -0.342 e. The number of piperidine rings is 1. The molecule has 0 bridgehead atoms. The summed E-state index contributed by atoms with van der Waals surface area (Å²) in [6.45, 7) is 3.52. The fourth-order valence-electron chi connectivity index (χ4n) is 5.17. The number of nitrogens with zero attached hydrogens (tertiary/aromatic N) is 3. The summed E-state index contributed by atoms with van der Waals surface area (Å²) < 4.78 is 0. The van der Waals surface area contributed by atoms with Gasteiger partial charge in [0.1, 0.15) is 11.7 Å². The molecule has 2 aliphatic rings. The maximum Gasteiger partial charge on any atom is 0.258 e. The number of carbonyl (C=O) groups is 1. The summed E-state index contributed by atoms with van der Waals surface area (Å²) in [5, 5.41) is 12.4. The van der Waals surface area contributed by atoms with Gasteiger partial charge < -0.3 is 10.2 Å². The first kappa shape index (κ1) is 21.9. The first-order valence-corrected chi connectivity index (χ1v) is 11.7. The van der Waals surface area contributed by atoms with Gasteiger partial charge in [-0.2, -0.15) is 10.2 Å². The highest BCUT2D eigenvalue weighted by molar-refractivity contribution is 5.98. The van der Waals surface area contributed by atoms with E-state index < -0.39 is 17.7 Å². The van der Waals surface area contributed by atoms with E-state index in [-0.39, 0.29) is 11.4 Å². The molecule has 34 heavy (non-hydrogen) atoms. The number of benzene rings is 2. The summed E-state index contributed by atoms with van der Waals surface area (Å²) in [5.41, 5.74) is 3.15. The topological polar surface area (TPSA) is 102 Å². The Morgan fingerprint density at radius 3 is 2.56 bits per heavy atom. The molecule has 3 heterocycles. The van der Waals surface area contributed by atoms with Gasteiger partial charge in [-0.3, -0.25) is 14.6 Å². The molecule has 1 aromatic heterocycles. The van der Waals surface area contributed by atoms with Crippen molar-refractivity contribution in [1.29, 1.82) is 5.26 Å². The lowest BCUT2D eigenvalue weighted by atomic mass is 9.79. The predicted molar refractivity (Wildman–Crippen MR) is 131 cm³/mol. The average molecular weight is 454 g/mol. The van der Waals surface area contributed by atoms with Crippen molar-refractivity contribution in [2.24, 2.45) is 11.8 Å².